The lowest BCUT2D eigenvalue weighted by Gasteiger charge is -2.31. The van der Waals surface area contributed by atoms with Gasteiger partial charge >= 0.3 is 0 Å². The third kappa shape index (κ3) is 5.83. The topological polar surface area (TPSA) is 67.6 Å². The Morgan fingerprint density at radius 1 is 1.50 bits per heavy atom. The van der Waals surface area contributed by atoms with Crippen LogP contribution in [0.15, 0.2) is 24.3 Å². The second-order valence-corrected chi connectivity index (χ2v) is 5.61. The Hall–Kier alpha value is -1.30. The summed E-state index contributed by atoms with van der Waals surface area (Å²) in [5.41, 5.74) is 6.76. The summed E-state index contributed by atoms with van der Waals surface area (Å²) in [6, 6.07) is 7.74. The van der Waals surface area contributed by atoms with Gasteiger partial charge in [0.15, 0.2) is 0 Å². The van der Waals surface area contributed by atoms with Crippen LogP contribution in [-0.4, -0.2) is 44.1 Å². The maximum absolute atomic E-state index is 12.0. The molecule has 22 heavy (non-hydrogen) atoms. The van der Waals surface area contributed by atoms with Gasteiger partial charge in [0.2, 0.25) is 5.91 Å². The SMILES string of the molecule is COc1cccc(CNC(=O)CN2CCCC(CN)C2)c1.Cl. The second-order valence-electron chi connectivity index (χ2n) is 5.61. The molecule has 1 amide bonds. The highest BCUT2D eigenvalue weighted by Crippen LogP contribution is 2.15. The Kier molecular flexibility index (Phi) is 8.24. The number of piperidine rings is 1. The van der Waals surface area contributed by atoms with Gasteiger partial charge in [-0.25, -0.2) is 0 Å². The first kappa shape index (κ1) is 18.7. The average Bonchev–Trinajstić information content (AvgIpc) is 2.53. The monoisotopic (exact) mass is 327 g/mol. The second kappa shape index (κ2) is 9.66. The highest BCUT2D eigenvalue weighted by molar-refractivity contribution is 5.85. The predicted molar refractivity (Wildman–Crippen MR) is 90.3 cm³/mol. The van der Waals surface area contributed by atoms with E-state index in [1.807, 2.05) is 24.3 Å². The zero-order valence-corrected chi connectivity index (χ0v) is 13.9. The fourth-order valence-corrected chi connectivity index (χ4v) is 2.73. The van der Waals surface area contributed by atoms with E-state index in [1.165, 1.54) is 6.42 Å². The number of hydrogen-bond acceptors (Lipinski definition) is 4. The molecule has 0 spiro atoms. The molecule has 1 heterocycles. The van der Waals surface area contributed by atoms with Gasteiger partial charge in [0.1, 0.15) is 5.75 Å². The van der Waals surface area contributed by atoms with Gasteiger partial charge in [-0.2, -0.15) is 0 Å². The largest absolute Gasteiger partial charge is 0.497 e. The maximum Gasteiger partial charge on any atom is 0.234 e. The van der Waals surface area contributed by atoms with E-state index < -0.39 is 0 Å². The Balaban J connectivity index is 0.00000242. The summed E-state index contributed by atoms with van der Waals surface area (Å²) in [6.07, 6.45) is 2.31. The van der Waals surface area contributed by atoms with E-state index in [1.54, 1.807) is 7.11 Å². The van der Waals surface area contributed by atoms with E-state index in [2.05, 4.69) is 10.2 Å². The molecular formula is C16H26ClN3O2. The zero-order valence-electron chi connectivity index (χ0n) is 13.1. The van der Waals surface area contributed by atoms with Crippen LogP contribution < -0.4 is 15.8 Å². The van der Waals surface area contributed by atoms with Crippen molar-refractivity contribution in [1.82, 2.24) is 10.2 Å². The van der Waals surface area contributed by atoms with Gasteiger partial charge in [-0.3, -0.25) is 9.69 Å². The number of carbonyl (C=O) groups is 1. The first-order chi connectivity index (χ1) is 10.2. The summed E-state index contributed by atoms with van der Waals surface area (Å²) < 4.78 is 5.17. The molecule has 1 atom stereocenters. The number of hydrogen-bond donors (Lipinski definition) is 2. The number of likely N-dealkylation sites (tertiary alicyclic amines) is 1. The number of methoxy groups -OCH3 is 1. The normalized spacial score (nSPS) is 18.4. The number of nitrogens with zero attached hydrogens (tertiary/aromatic N) is 1. The van der Waals surface area contributed by atoms with Crippen LogP contribution in [0, 0.1) is 5.92 Å². The lowest BCUT2D eigenvalue weighted by atomic mass is 9.98. The van der Waals surface area contributed by atoms with Crippen molar-refractivity contribution in [2.45, 2.75) is 19.4 Å². The van der Waals surface area contributed by atoms with Crippen LogP contribution in [0.2, 0.25) is 0 Å². The Morgan fingerprint density at radius 2 is 2.32 bits per heavy atom. The van der Waals surface area contributed by atoms with Crippen molar-refractivity contribution in [1.29, 1.82) is 0 Å². The van der Waals surface area contributed by atoms with Crippen molar-refractivity contribution in [3.8, 4) is 5.75 Å². The molecule has 0 radical (unpaired) electrons. The van der Waals surface area contributed by atoms with E-state index in [0.29, 0.717) is 25.6 Å². The lowest BCUT2D eigenvalue weighted by molar-refractivity contribution is -0.122. The summed E-state index contributed by atoms with van der Waals surface area (Å²) in [4.78, 5) is 14.2. The number of nitrogens with one attached hydrogen (secondary N) is 1. The minimum absolute atomic E-state index is 0. The van der Waals surface area contributed by atoms with Crippen molar-refractivity contribution in [3.63, 3.8) is 0 Å². The van der Waals surface area contributed by atoms with Crippen molar-refractivity contribution in [2.24, 2.45) is 11.7 Å². The van der Waals surface area contributed by atoms with Crippen LogP contribution in [0.1, 0.15) is 18.4 Å². The summed E-state index contributed by atoms with van der Waals surface area (Å²) in [7, 11) is 1.64. The number of rotatable bonds is 6. The van der Waals surface area contributed by atoms with E-state index in [4.69, 9.17) is 10.5 Å². The smallest absolute Gasteiger partial charge is 0.234 e. The molecular weight excluding hydrogens is 302 g/mol. The highest BCUT2D eigenvalue weighted by Gasteiger charge is 2.20. The quantitative estimate of drug-likeness (QED) is 0.829. The predicted octanol–water partition coefficient (Wildman–Crippen LogP) is 1.40. The van der Waals surface area contributed by atoms with Crippen molar-refractivity contribution in [3.05, 3.63) is 29.8 Å². The molecule has 124 valence electrons. The minimum atomic E-state index is 0. The van der Waals surface area contributed by atoms with Crippen LogP contribution in [0.3, 0.4) is 0 Å². The van der Waals surface area contributed by atoms with Gasteiger partial charge in [0.25, 0.3) is 0 Å². The van der Waals surface area contributed by atoms with Crippen molar-refractivity contribution >= 4 is 18.3 Å². The van der Waals surface area contributed by atoms with Crippen LogP contribution in [0.25, 0.3) is 0 Å². The molecule has 1 unspecified atom stereocenters. The fraction of sp³-hybridized carbons (Fsp3) is 0.562. The Morgan fingerprint density at radius 3 is 3.05 bits per heavy atom. The lowest BCUT2D eigenvalue weighted by Crippen LogP contribution is -2.43. The molecule has 1 aliphatic rings. The highest BCUT2D eigenvalue weighted by atomic mass is 35.5. The van der Waals surface area contributed by atoms with Crippen LogP contribution in [-0.2, 0) is 11.3 Å². The molecule has 2 rings (SSSR count). The number of halogens is 1. The molecule has 3 N–H and O–H groups in total. The van der Waals surface area contributed by atoms with Crippen LogP contribution in [0.4, 0.5) is 0 Å². The van der Waals surface area contributed by atoms with Crippen LogP contribution in [0.5, 0.6) is 5.75 Å². The number of ether oxygens (including phenoxy) is 1. The van der Waals surface area contributed by atoms with Crippen molar-refractivity contribution in [2.75, 3.05) is 33.3 Å². The summed E-state index contributed by atoms with van der Waals surface area (Å²) in [6.45, 7) is 3.62. The van der Waals surface area contributed by atoms with E-state index in [0.717, 1.165) is 30.8 Å². The molecule has 1 aromatic carbocycles. The molecule has 1 aromatic rings. The van der Waals surface area contributed by atoms with E-state index in [-0.39, 0.29) is 18.3 Å². The van der Waals surface area contributed by atoms with Gasteiger partial charge in [0, 0.05) is 13.1 Å². The molecule has 0 bridgehead atoms. The van der Waals surface area contributed by atoms with Crippen LogP contribution >= 0.6 is 12.4 Å². The Labute approximate surface area is 138 Å². The van der Waals surface area contributed by atoms with Gasteiger partial charge in [-0.05, 0) is 49.5 Å². The molecule has 5 nitrogen and oxygen atoms in total. The zero-order chi connectivity index (χ0) is 15.1. The third-order valence-corrected chi connectivity index (χ3v) is 3.93. The number of benzene rings is 1. The molecule has 6 heteroatoms. The standard InChI is InChI=1S/C16H25N3O2.ClH/c1-21-15-6-2-4-13(8-15)10-18-16(20)12-19-7-3-5-14(9-17)11-19;/h2,4,6,8,14H,3,5,7,9-12,17H2,1H3,(H,18,20);1H. The Bertz CT molecular complexity index is 470. The molecule has 1 aliphatic heterocycles. The molecule has 0 saturated carbocycles. The van der Waals surface area contributed by atoms with Gasteiger partial charge in [-0.15, -0.1) is 12.4 Å². The summed E-state index contributed by atoms with van der Waals surface area (Å²) in [5.74, 6) is 1.41. The average molecular weight is 328 g/mol. The summed E-state index contributed by atoms with van der Waals surface area (Å²) in [5, 5.41) is 2.96. The third-order valence-electron chi connectivity index (χ3n) is 3.93. The van der Waals surface area contributed by atoms with Crippen molar-refractivity contribution < 1.29 is 9.53 Å². The number of carbonyl (C=O) groups excluding carboxylic acids is 1. The van der Waals surface area contributed by atoms with Gasteiger partial charge < -0.3 is 15.8 Å². The first-order valence-corrected chi connectivity index (χ1v) is 7.53. The maximum atomic E-state index is 12.0. The first-order valence-electron chi connectivity index (χ1n) is 7.53. The molecule has 1 fully saturated rings. The molecule has 1 saturated heterocycles. The summed E-state index contributed by atoms with van der Waals surface area (Å²) >= 11 is 0. The minimum Gasteiger partial charge on any atom is -0.497 e. The number of nitrogens with two attached hydrogens (primary N) is 1. The molecule has 0 aliphatic carbocycles. The van der Waals surface area contributed by atoms with E-state index in [9.17, 15) is 4.79 Å². The number of amides is 1. The fourth-order valence-electron chi connectivity index (χ4n) is 2.73. The van der Waals surface area contributed by atoms with Gasteiger partial charge in [0.05, 0.1) is 13.7 Å². The van der Waals surface area contributed by atoms with Gasteiger partial charge in [-0.1, -0.05) is 12.1 Å². The molecule has 0 aromatic heterocycles. The van der Waals surface area contributed by atoms with E-state index >= 15 is 0 Å².